The summed E-state index contributed by atoms with van der Waals surface area (Å²) in [5, 5.41) is 17.5. The smallest absolute Gasteiger partial charge is 0.127 e. The molecule has 0 unspecified atom stereocenters. The monoisotopic (exact) mass is 340 g/mol. The minimum absolute atomic E-state index is 0.684. The minimum atomic E-state index is 0.684. The molecular weight excluding hydrogens is 324 g/mol. The van der Waals surface area contributed by atoms with E-state index >= 15 is 0 Å². The van der Waals surface area contributed by atoms with Crippen molar-refractivity contribution >= 4 is 23.3 Å². The molecule has 0 aliphatic carbocycles. The first kappa shape index (κ1) is 15.8. The molecular formula is C17H16N4S2. The van der Waals surface area contributed by atoms with Crippen molar-refractivity contribution in [3.05, 3.63) is 58.1 Å². The molecule has 0 saturated carbocycles. The topological polar surface area (TPSA) is 54.5 Å². The summed E-state index contributed by atoms with van der Waals surface area (Å²) in [5.74, 6) is 0.797. The Morgan fingerprint density at radius 1 is 1.22 bits per heavy atom. The number of hydrogen-bond acceptors (Lipinski definition) is 5. The van der Waals surface area contributed by atoms with Gasteiger partial charge in [-0.15, -0.1) is 16.4 Å². The van der Waals surface area contributed by atoms with Gasteiger partial charge in [0, 0.05) is 10.6 Å². The third kappa shape index (κ3) is 3.46. The Bertz CT molecular complexity index is 840. The van der Waals surface area contributed by atoms with Crippen molar-refractivity contribution in [3.63, 3.8) is 0 Å². The van der Waals surface area contributed by atoms with Crippen LogP contribution in [0.5, 0.6) is 0 Å². The van der Waals surface area contributed by atoms with E-state index in [4.69, 9.17) is 5.26 Å². The third-order valence-electron chi connectivity index (χ3n) is 3.48. The number of rotatable bonds is 5. The maximum absolute atomic E-state index is 8.84. The molecule has 2 heterocycles. The van der Waals surface area contributed by atoms with Gasteiger partial charge in [-0.05, 0) is 55.1 Å². The van der Waals surface area contributed by atoms with Crippen LogP contribution in [0.2, 0.25) is 0 Å². The number of nitriles is 1. The normalized spacial score (nSPS) is 10.7. The maximum atomic E-state index is 8.84. The summed E-state index contributed by atoms with van der Waals surface area (Å²) in [4.78, 5) is 2.45. The van der Waals surface area contributed by atoms with Crippen molar-refractivity contribution in [2.75, 3.05) is 0 Å². The number of aryl methyl sites for hydroxylation is 1. The van der Waals surface area contributed by atoms with Crippen molar-refractivity contribution in [2.24, 2.45) is 0 Å². The van der Waals surface area contributed by atoms with Crippen molar-refractivity contribution in [3.8, 4) is 16.6 Å². The Balaban J connectivity index is 1.78. The Labute approximate surface area is 143 Å². The molecule has 3 rings (SSSR count). The van der Waals surface area contributed by atoms with Crippen LogP contribution >= 0.6 is 23.3 Å². The van der Waals surface area contributed by atoms with E-state index < -0.39 is 0 Å². The molecule has 0 N–H and O–H groups in total. The van der Waals surface area contributed by atoms with Crippen molar-refractivity contribution in [1.82, 2.24) is 14.4 Å². The van der Waals surface area contributed by atoms with E-state index in [1.165, 1.54) is 15.3 Å². The zero-order valence-corrected chi connectivity index (χ0v) is 14.6. The van der Waals surface area contributed by atoms with E-state index in [0.29, 0.717) is 5.56 Å². The zero-order chi connectivity index (χ0) is 16.2. The van der Waals surface area contributed by atoms with Crippen LogP contribution in [-0.2, 0) is 12.2 Å². The van der Waals surface area contributed by atoms with Crippen LogP contribution in [0.1, 0.15) is 28.6 Å². The van der Waals surface area contributed by atoms with Crippen LogP contribution in [-0.4, -0.2) is 14.4 Å². The molecule has 2 aromatic heterocycles. The number of nitrogens with zero attached hydrogens (tertiary/aromatic N) is 4. The van der Waals surface area contributed by atoms with E-state index in [1.807, 2.05) is 28.4 Å². The van der Waals surface area contributed by atoms with Gasteiger partial charge in [0.2, 0.25) is 0 Å². The fourth-order valence-electron chi connectivity index (χ4n) is 2.26. The van der Waals surface area contributed by atoms with E-state index in [-0.39, 0.29) is 0 Å². The van der Waals surface area contributed by atoms with Gasteiger partial charge >= 0.3 is 0 Å². The minimum Gasteiger partial charge on any atom is -0.192 e. The van der Waals surface area contributed by atoms with Gasteiger partial charge in [-0.1, -0.05) is 24.3 Å². The van der Waals surface area contributed by atoms with Gasteiger partial charge in [-0.25, -0.2) is 0 Å². The summed E-state index contributed by atoms with van der Waals surface area (Å²) in [5.41, 5.74) is 3.98. The molecule has 0 spiro atoms. The highest BCUT2D eigenvalue weighted by Crippen LogP contribution is 2.30. The second-order valence-corrected chi connectivity index (χ2v) is 7.28. The Morgan fingerprint density at radius 3 is 2.61 bits per heavy atom. The fraction of sp³-hybridized carbons (Fsp3) is 0.235. The Morgan fingerprint density at radius 2 is 2.00 bits per heavy atom. The molecule has 4 nitrogen and oxygen atoms in total. The van der Waals surface area contributed by atoms with Gasteiger partial charge in [-0.3, -0.25) is 0 Å². The van der Waals surface area contributed by atoms with Gasteiger partial charge in [0.25, 0.3) is 0 Å². The summed E-state index contributed by atoms with van der Waals surface area (Å²) in [7, 11) is 0. The first-order valence-electron chi connectivity index (χ1n) is 7.35. The van der Waals surface area contributed by atoms with E-state index in [0.717, 1.165) is 23.6 Å². The molecule has 0 radical (unpaired) electrons. The van der Waals surface area contributed by atoms with E-state index in [1.54, 1.807) is 23.3 Å². The van der Waals surface area contributed by atoms with Crippen LogP contribution in [0, 0.1) is 18.3 Å². The predicted octanol–water partition coefficient (Wildman–Crippen LogP) is 4.45. The summed E-state index contributed by atoms with van der Waals surface area (Å²) in [6.45, 7) is 4.23. The van der Waals surface area contributed by atoms with Crippen LogP contribution in [0.4, 0.5) is 0 Å². The average Bonchev–Trinajstić information content (AvgIpc) is 3.18. The van der Waals surface area contributed by atoms with Crippen LogP contribution in [0.25, 0.3) is 10.6 Å². The standard InChI is InChI=1S/C17H16N4S2/c1-3-15-17(16-9-4-12(2)23-16)19-20-21(15)22-11-14-7-5-13(10-18)6-8-14/h4-9H,3,11H2,1-2H3. The number of hydrogen-bond donors (Lipinski definition) is 0. The lowest BCUT2D eigenvalue weighted by Crippen LogP contribution is -1.97. The average molecular weight is 340 g/mol. The summed E-state index contributed by atoms with van der Waals surface area (Å²) in [6.07, 6.45) is 0.889. The quantitative estimate of drug-likeness (QED) is 0.689. The number of thiophene rings is 1. The zero-order valence-electron chi connectivity index (χ0n) is 13.0. The lowest BCUT2D eigenvalue weighted by molar-refractivity contribution is 0.853. The summed E-state index contributed by atoms with van der Waals surface area (Å²) < 4.78 is 1.92. The molecule has 6 heteroatoms. The molecule has 116 valence electrons. The highest BCUT2D eigenvalue weighted by molar-refractivity contribution is 7.96. The molecule has 0 aliphatic rings. The van der Waals surface area contributed by atoms with Crippen LogP contribution in [0.15, 0.2) is 36.4 Å². The molecule has 0 fully saturated rings. The lowest BCUT2D eigenvalue weighted by atomic mass is 10.2. The molecule has 0 aliphatic heterocycles. The number of aromatic nitrogens is 3. The van der Waals surface area contributed by atoms with Crippen molar-refractivity contribution in [2.45, 2.75) is 26.0 Å². The van der Waals surface area contributed by atoms with E-state index in [9.17, 15) is 0 Å². The predicted molar refractivity (Wildman–Crippen MR) is 95.3 cm³/mol. The van der Waals surface area contributed by atoms with Gasteiger partial charge < -0.3 is 0 Å². The number of benzene rings is 1. The largest absolute Gasteiger partial charge is 0.192 e. The Hall–Kier alpha value is -2.10. The van der Waals surface area contributed by atoms with Crippen LogP contribution in [0.3, 0.4) is 0 Å². The molecule has 0 atom stereocenters. The molecule has 23 heavy (non-hydrogen) atoms. The fourth-order valence-corrected chi connectivity index (χ4v) is 4.06. The second-order valence-electron chi connectivity index (χ2n) is 5.10. The molecule has 0 saturated heterocycles. The first-order chi connectivity index (χ1) is 11.2. The van der Waals surface area contributed by atoms with Gasteiger partial charge in [0.15, 0.2) is 0 Å². The highest BCUT2D eigenvalue weighted by atomic mass is 32.2. The lowest BCUT2D eigenvalue weighted by Gasteiger charge is -2.05. The molecule has 3 aromatic rings. The maximum Gasteiger partial charge on any atom is 0.127 e. The van der Waals surface area contributed by atoms with Gasteiger partial charge in [-0.2, -0.15) is 9.35 Å². The molecule has 1 aromatic carbocycles. The van der Waals surface area contributed by atoms with Gasteiger partial charge in [0.05, 0.1) is 22.2 Å². The highest BCUT2D eigenvalue weighted by Gasteiger charge is 2.15. The summed E-state index contributed by atoms with van der Waals surface area (Å²) in [6, 6.07) is 14.0. The van der Waals surface area contributed by atoms with Crippen LogP contribution < -0.4 is 0 Å². The van der Waals surface area contributed by atoms with Gasteiger partial charge in [0.1, 0.15) is 5.69 Å². The SMILES string of the molecule is CCc1c(-c2ccc(C)s2)nnn1SCc1ccc(C#N)cc1. The van der Waals surface area contributed by atoms with Crippen molar-refractivity contribution in [1.29, 1.82) is 5.26 Å². The van der Waals surface area contributed by atoms with E-state index in [2.05, 4.69) is 42.4 Å². The second kappa shape index (κ2) is 6.99. The summed E-state index contributed by atoms with van der Waals surface area (Å²) >= 11 is 3.37. The molecule has 0 amide bonds. The Kier molecular flexibility index (Phi) is 4.79. The van der Waals surface area contributed by atoms with Crippen molar-refractivity contribution < 1.29 is 0 Å². The third-order valence-corrected chi connectivity index (χ3v) is 5.48. The first-order valence-corrected chi connectivity index (χ1v) is 9.11. The molecule has 0 bridgehead atoms.